The summed E-state index contributed by atoms with van der Waals surface area (Å²) in [5.41, 5.74) is 4.82. The van der Waals surface area contributed by atoms with Gasteiger partial charge in [-0.2, -0.15) is 11.8 Å². The second-order valence-electron chi connectivity index (χ2n) is 7.16. The standard InChI is InChI=1S/C24H25N3O4S2/c1-31-24(30)21(10-11-32-2)27-23(29)19-9-8-17(12-20(19)16-6-4-3-5-7-16)26-22(28)13-18-14-33-15-25-18/h3-9,12,14-15,21H,10-11,13H2,1-2H3,(H,26,28)(H,27,29). The van der Waals surface area contributed by atoms with Crippen molar-refractivity contribution in [3.05, 3.63) is 70.7 Å². The Kier molecular flexibility index (Phi) is 9.03. The fourth-order valence-corrected chi connectivity index (χ4v) is 4.26. The second-order valence-corrected chi connectivity index (χ2v) is 8.87. The molecule has 2 amide bonds. The van der Waals surface area contributed by atoms with Crippen LogP contribution in [0.25, 0.3) is 11.1 Å². The van der Waals surface area contributed by atoms with E-state index in [-0.39, 0.29) is 18.2 Å². The Bertz CT molecular complexity index is 1090. The number of anilines is 1. The highest BCUT2D eigenvalue weighted by Crippen LogP contribution is 2.27. The van der Waals surface area contributed by atoms with Crippen molar-refractivity contribution in [1.29, 1.82) is 0 Å². The van der Waals surface area contributed by atoms with Crippen molar-refractivity contribution in [2.75, 3.05) is 24.4 Å². The summed E-state index contributed by atoms with van der Waals surface area (Å²) >= 11 is 3.02. The highest BCUT2D eigenvalue weighted by atomic mass is 32.2. The van der Waals surface area contributed by atoms with Gasteiger partial charge in [0.2, 0.25) is 5.91 Å². The van der Waals surface area contributed by atoms with Crippen molar-refractivity contribution in [2.45, 2.75) is 18.9 Å². The van der Waals surface area contributed by atoms with Crippen molar-refractivity contribution < 1.29 is 19.1 Å². The Balaban J connectivity index is 1.86. The molecule has 1 unspecified atom stereocenters. The zero-order valence-electron chi connectivity index (χ0n) is 18.4. The molecule has 7 nitrogen and oxygen atoms in total. The summed E-state index contributed by atoms with van der Waals surface area (Å²) in [5.74, 6) is -0.356. The molecular formula is C24H25N3O4S2. The third-order valence-electron chi connectivity index (χ3n) is 4.86. The molecule has 1 heterocycles. The van der Waals surface area contributed by atoms with Gasteiger partial charge in [0.15, 0.2) is 0 Å². The Hall–Kier alpha value is -3.17. The minimum absolute atomic E-state index is 0.169. The van der Waals surface area contributed by atoms with Gasteiger partial charge in [-0.05, 0) is 47.8 Å². The molecule has 2 N–H and O–H groups in total. The van der Waals surface area contributed by atoms with E-state index < -0.39 is 12.0 Å². The van der Waals surface area contributed by atoms with Gasteiger partial charge in [0.25, 0.3) is 5.91 Å². The number of ether oxygens (including phenoxy) is 1. The van der Waals surface area contributed by atoms with E-state index >= 15 is 0 Å². The largest absolute Gasteiger partial charge is 0.467 e. The molecule has 0 aliphatic carbocycles. The lowest BCUT2D eigenvalue weighted by Crippen LogP contribution is -2.42. The van der Waals surface area contributed by atoms with E-state index in [1.165, 1.54) is 18.4 Å². The summed E-state index contributed by atoms with van der Waals surface area (Å²) in [6, 6.07) is 13.8. The van der Waals surface area contributed by atoms with Crippen LogP contribution >= 0.6 is 23.1 Å². The van der Waals surface area contributed by atoms with E-state index in [9.17, 15) is 14.4 Å². The van der Waals surface area contributed by atoms with Gasteiger partial charge in [-0.3, -0.25) is 9.59 Å². The first-order chi connectivity index (χ1) is 16.0. The molecule has 172 valence electrons. The number of hydrogen-bond donors (Lipinski definition) is 2. The summed E-state index contributed by atoms with van der Waals surface area (Å²) < 4.78 is 4.85. The first kappa shape index (κ1) is 24.5. The molecule has 33 heavy (non-hydrogen) atoms. The van der Waals surface area contributed by atoms with Crippen LogP contribution in [0.1, 0.15) is 22.5 Å². The smallest absolute Gasteiger partial charge is 0.328 e. The van der Waals surface area contributed by atoms with Gasteiger partial charge in [0.1, 0.15) is 6.04 Å². The maximum absolute atomic E-state index is 13.2. The summed E-state index contributed by atoms with van der Waals surface area (Å²) in [4.78, 5) is 41.9. The minimum atomic E-state index is -0.740. The number of aromatic nitrogens is 1. The highest BCUT2D eigenvalue weighted by Gasteiger charge is 2.23. The Morgan fingerprint density at radius 1 is 1.15 bits per heavy atom. The SMILES string of the molecule is COC(=O)C(CCSC)NC(=O)c1ccc(NC(=O)Cc2cscn2)cc1-c1ccccc1. The Morgan fingerprint density at radius 3 is 2.61 bits per heavy atom. The molecule has 1 atom stereocenters. The molecule has 0 fully saturated rings. The Morgan fingerprint density at radius 2 is 1.94 bits per heavy atom. The van der Waals surface area contributed by atoms with Gasteiger partial charge in [-0.15, -0.1) is 11.3 Å². The normalized spacial score (nSPS) is 11.5. The first-order valence-corrected chi connectivity index (χ1v) is 12.6. The number of methoxy groups -OCH3 is 1. The zero-order chi connectivity index (χ0) is 23.6. The van der Waals surface area contributed by atoms with Gasteiger partial charge in [-0.1, -0.05) is 30.3 Å². The van der Waals surface area contributed by atoms with Crippen LogP contribution in [0, 0.1) is 0 Å². The number of carbonyl (C=O) groups is 3. The van der Waals surface area contributed by atoms with Crippen LogP contribution in [0.4, 0.5) is 5.69 Å². The Labute approximate surface area is 201 Å². The lowest BCUT2D eigenvalue weighted by Gasteiger charge is -2.18. The number of thioether (sulfide) groups is 1. The second kappa shape index (κ2) is 12.2. The number of carbonyl (C=O) groups excluding carboxylic acids is 3. The molecule has 2 aromatic carbocycles. The van der Waals surface area contributed by atoms with E-state index in [4.69, 9.17) is 4.74 Å². The fraction of sp³-hybridized carbons (Fsp3) is 0.250. The molecule has 0 bridgehead atoms. The summed E-state index contributed by atoms with van der Waals surface area (Å²) in [6.07, 6.45) is 2.57. The zero-order valence-corrected chi connectivity index (χ0v) is 20.0. The van der Waals surface area contributed by atoms with Crippen LogP contribution in [0.2, 0.25) is 0 Å². The molecule has 0 saturated carbocycles. The predicted molar refractivity (Wildman–Crippen MR) is 133 cm³/mol. The van der Waals surface area contributed by atoms with Crippen LogP contribution in [0.3, 0.4) is 0 Å². The molecule has 3 rings (SSSR count). The lowest BCUT2D eigenvalue weighted by molar-refractivity contribution is -0.142. The van der Waals surface area contributed by atoms with E-state index in [1.807, 2.05) is 42.0 Å². The summed E-state index contributed by atoms with van der Waals surface area (Å²) in [5, 5.41) is 7.50. The van der Waals surface area contributed by atoms with Crippen LogP contribution in [0.5, 0.6) is 0 Å². The van der Waals surface area contributed by atoms with Crippen molar-refractivity contribution in [1.82, 2.24) is 10.3 Å². The van der Waals surface area contributed by atoms with Crippen LogP contribution in [0.15, 0.2) is 59.4 Å². The number of hydrogen-bond acceptors (Lipinski definition) is 7. The highest BCUT2D eigenvalue weighted by molar-refractivity contribution is 7.98. The van der Waals surface area contributed by atoms with Crippen molar-refractivity contribution in [2.24, 2.45) is 0 Å². The first-order valence-electron chi connectivity index (χ1n) is 10.3. The number of nitrogens with one attached hydrogen (secondary N) is 2. The molecule has 0 radical (unpaired) electrons. The maximum Gasteiger partial charge on any atom is 0.328 e. The number of amides is 2. The molecule has 0 saturated heterocycles. The van der Waals surface area contributed by atoms with Gasteiger partial charge in [0, 0.05) is 16.6 Å². The third-order valence-corrected chi connectivity index (χ3v) is 6.14. The molecule has 3 aromatic rings. The van der Waals surface area contributed by atoms with Crippen LogP contribution in [-0.4, -0.2) is 47.9 Å². The van der Waals surface area contributed by atoms with Gasteiger partial charge < -0.3 is 15.4 Å². The quantitative estimate of drug-likeness (QED) is 0.423. The number of nitrogens with zero attached hydrogens (tertiary/aromatic N) is 1. The number of benzene rings is 2. The van der Waals surface area contributed by atoms with Gasteiger partial charge in [0.05, 0.1) is 24.7 Å². The third kappa shape index (κ3) is 6.90. The lowest BCUT2D eigenvalue weighted by atomic mass is 9.98. The molecule has 1 aromatic heterocycles. The average molecular weight is 484 g/mol. The molecule has 0 aliphatic rings. The van der Waals surface area contributed by atoms with Gasteiger partial charge in [-0.25, -0.2) is 9.78 Å². The van der Waals surface area contributed by atoms with Crippen molar-refractivity contribution in [3.8, 4) is 11.1 Å². The van der Waals surface area contributed by atoms with Crippen molar-refractivity contribution >= 4 is 46.6 Å². The van der Waals surface area contributed by atoms with E-state index in [1.54, 1.807) is 35.5 Å². The van der Waals surface area contributed by atoms with Crippen molar-refractivity contribution in [3.63, 3.8) is 0 Å². The van der Waals surface area contributed by atoms with Crippen LogP contribution in [-0.2, 0) is 20.7 Å². The van der Waals surface area contributed by atoms with Gasteiger partial charge >= 0.3 is 5.97 Å². The number of rotatable bonds is 10. The predicted octanol–water partition coefficient (Wildman–Crippen LogP) is 4.02. The minimum Gasteiger partial charge on any atom is -0.467 e. The monoisotopic (exact) mass is 483 g/mol. The number of esters is 1. The molecule has 9 heteroatoms. The molecule has 0 spiro atoms. The van der Waals surface area contributed by atoms with E-state index in [0.717, 1.165) is 5.56 Å². The summed E-state index contributed by atoms with van der Waals surface area (Å²) in [6.45, 7) is 0. The van der Waals surface area contributed by atoms with E-state index in [2.05, 4.69) is 15.6 Å². The number of thiazole rings is 1. The topological polar surface area (TPSA) is 97.4 Å². The molecular weight excluding hydrogens is 458 g/mol. The fourth-order valence-electron chi connectivity index (χ4n) is 3.23. The summed E-state index contributed by atoms with van der Waals surface area (Å²) in [7, 11) is 1.30. The maximum atomic E-state index is 13.2. The van der Waals surface area contributed by atoms with E-state index in [0.29, 0.717) is 34.7 Å². The van der Waals surface area contributed by atoms with Crippen LogP contribution < -0.4 is 10.6 Å². The average Bonchev–Trinajstić information content (AvgIpc) is 3.34. The molecule has 0 aliphatic heterocycles.